The summed E-state index contributed by atoms with van der Waals surface area (Å²) >= 11 is 0. The minimum Gasteiger partial charge on any atom is -0.365 e. The fraction of sp³-hybridized carbons (Fsp3) is 0.125. The van der Waals surface area contributed by atoms with E-state index >= 15 is 0 Å². The molecule has 23 heavy (non-hydrogen) atoms. The lowest BCUT2D eigenvalue weighted by atomic mass is 10.1. The molecular weight excluding hydrogens is 305 g/mol. The van der Waals surface area contributed by atoms with Crippen LogP contribution in [0.1, 0.15) is 22.5 Å². The number of aromatic nitrogens is 2. The molecule has 4 nitrogen and oxygen atoms in total. The molecule has 116 valence electrons. The first-order valence-electron chi connectivity index (χ1n) is 6.71. The Morgan fingerprint density at radius 3 is 2.61 bits per heavy atom. The van der Waals surface area contributed by atoms with E-state index in [1.54, 1.807) is 24.5 Å². The van der Waals surface area contributed by atoms with Crippen LogP contribution in [0.3, 0.4) is 0 Å². The van der Waals surface area contributed by atoms with Crippen molar-refractivity contribution in [2.45, 2.75) is 13.1 Å². The Morgan fingerprint density at radius 2 is 2.00 bits per heavy atom. The van der Waals surface area contributed by atoms with Gasteiger partial charge in [0.15, 0.2) is 0 Å². The molecule has 3 rings (SSSR count). The van der Waals surface area contributed by atoms with E-state index in [0.29, 0.717) is 27.9 Å². The monoisotopic (exact) mass is 316 g/mol. The number of H-pyrrole nitrogens is 2. The lowest BCUT2D eigenvalue weighted by molar-refractivity contribution is -0.137. The first-order chi connectivity index (χ1) is 10.9. The summed E-state index contributed by atoms with van der Waals surface area (Å²) in [7, 11) is 0. The quantitative estimate of drug-likeness (QED) is 0.541. The number of fused-ring (bicyclic) bond motifs is 1. The number of halogens is 3. The minimum atomic E-state index is -4.40. The van der Waals surface area contributed by atoms with Gasteiger partial charge >= 0.3 is 6.18 Å². The lowest BCUT2D eigenvalue weighted by Gasteiger charge is -2.05. The van der Waals surface area contributed by atoms with Crippen LogP contribution in [0.5, 0.6) is 0 Å². The summed E-state index contributed by atoms with van der Waals surface area (Å²) in [5.74, 6) is 0. The fourth-order valence-electron chi connectivity index (χ4n) is 2.46. The average molecular weight is 316 g/mol. The van der Waals surface area contributed by atoms with Crippen molar-refractivity contribution in [2.24, 2.45) is 4.99 Å². The highest BCUT2D eigenvalue weighted by atomic mass is 19.4. The number of hydrogen-bond acceptors (Lipinski definition) is 2. The van der Waals surface area contributed by atoms with Crippen molar-refractivity contribution < 1.29 is 13.2 Å². The van der Waals surface area contributed by atoms with Crippen molar-refractivity contribution >= 4 is 16.6 Å². The van der Waals surface area contributed by atoms with Crippen molar-refractivity contribution in [1.29, 1.82) is 5.26 Å². The second-order valence-electron chi connectivity index (χ2n) is 5.06. The first-order valence-corrected chi connectivity index (χ1v) is 6.71. The first kappa shape index (κ1) is 14.9. The topological polar surface area (TPSA) is 67.7 Å². The third kappa shape index (κ3) is 2.71. The van der Waals surface area contributed by atoms with Crippen molar-refractivity contribution in [1.82, 2.24) is 9.97 Å². The smallest absolute Gasteiger partial charge is 0.365 e. The van der Waals surface area contributed by atoms with E-state index in [0.717, 1.165) is 17.8 Å². The third-order valence-electron chi connectivity index (χ3n) is 3.58. The normalized spacial score (nSPS) is 12.6. The van der Waals surface area contributed by atoms with Crippen molar-refractivity contribution in [2.75, 3.05) is 0 Å². The van der Waals surface area contributed by atoms with Gasteiger partial charge in [-0.2, -0.15) is 23.4 Å². The lowest BCUT2D eigenvalue weighted by Crippen LogP contribution is -2.04. The van der Waals surface area contributed by atoms with Gasteiger partial charge in [0.05, 0.1) is 11.3 Å². The molecule has 0 fully saturated rings. The molecule has 0 spiro atoms. The molecular formula is C16H11F3N4. The number of aliphatic imine (C=N–C) groups is 1. The Balaban J connectivity index is 2.14. The van der Waals surface area contributed by atoms with Crippen LogP contribution in [0.4, 0.5) is 13.2 Å². The number of nitrogens with one attached hydrogen (secondary N) is 2. The maximum absolute atomic E-state index is 12.8. The molecule has 0 aliphatic rings. The zero-order valence-electron chi connectivity index (χ0n) is 12.0. The van der Waals surface area contributed by atoms with Crippen LogP contribution >= 0.6 is 0 Å². The van der Waals surface area contributed by atoms with E-state index in [4.69, 9.17) is 5.26 Å². The maximum Gasteiger partial charge on any atom is 0.416 e. The standard InChI is InChI=1S/C16H11F3N4/c1-9-12(4-5-21-9)15(22-8-20)14-6-10-2-3-11(16(17,18)19)7-13(10)23-14/h2-7,21,23H,1H3. The molecule has 2 heterocycles. The van der Waals surface area contributed by atoms with Gasteiger partial charge < -0.3 is 9.97 Å². The highest BCUT2D eigenvalue weighted by Gasteiger charge is 2.30. The summed E-state index contributed by atoms with van der Waals surface area (Å²) < 4.78 is 38.4. The van der Waals surface area contributed by atoms with Crippen LogP contribution in [0.2, 0.25) is 0 Å². The zero-order valence-corrected chi connectivity index (χ0v) is 12.0. The van der Waals surface area contributed by atoms with Crippen LogP contribution in [-0.4, -0.2) is 15.7 Å². The van der Waals surface area contributed by atoms with Gasteiger partial charge in [-0.25, -0.2) is 0 Å². The number of aryl methyl sites for hydroxylation is 1. The molecule has 7 heteroatoms. The molecule has 0 bridgehead atoms. The number of nitrogens with zero attached hydrogens (tertiary/aromatic N) is 2. The Bertz CT molecular complexity index is 938. The highest BCUT2D eigenvalue weighted by molar-refractivity contribution is 6.14. The number of aromatic amines is 2. The summed E-state index contributed by atoms with van der Waals surface area (Å²) in [4.78, 5) is 9.71. The molecule has 0 saturated carbocycles. The second kappa shape index (κ2) is 5.32. The molecule has 0 radical (unpaired) electrons. The van der Waals surface area contributed by atoms with E-state index < -0.39 is 11.7 Å². The SMILES string of the molecule is Cc1[nH]ccc1C(=NC#N)c1cc2ccc(C(F)(F)F)cc2[nH]1. The van der Waals surface area contributed by atoms with E-state index in [-0.39, 0.29) is 0 Å². The molecule has 0 saturated heterocycles. The summed E-state index contributed by atoms with van der Waals surface area (Å²) in [5.41, 5.74) is 2.02. The molecule has 0 atom stereocenters. The van der Waals surface area contributed by atoms with E-state index in [1.807, 2.05) is 6.92 Å². The fourth-order valence-corrected chi connectivity index (χ4v) is 2.46. The Morgan fingerprint density at radius 1 is 1.22 bits per heavy atom. The van der Waals surface area contributed by atoms with E-state index in [9.17, 15) is 13.2 Å². The van der Waals surface area contributed by atoms with Crippen molar-refractivity contribution in [3.05, 3.63) is 59.0 Å². The molecule has 3 aromatic rings. The average Bonchev–Trinajstić information content (AvgIpc) is 3.09. The summed E-state index contributed by atoms with van der Waals surface area (Å²) in [6.07, 6.45) is -0.956. The van der Waals surface area contributed by atoms with Gasteiger partial charge in [0, 0.05) is 28.4 Å². The van der Waals surface area contributed by atoms with E-state index in [2.05, 4.69) is 15.0 Å². The third-order valence-corrected chi connectivity index (χ3v) is 3.58. The highest BCUT2D eigenvalue weighted by Crippen LogP contribution is 2.31. The van der Waals surface area contributed by atoms with Gasteiger partial charge in [0.1, 0.15) is 5.71 Å². The molecule has 0 amide bonds. The minimum absolute atomic E-state index is 0.341. The summed E-state index contributed by atoms with van der Waals surface area (Å²) in [6, 6.07) is 6.91. The maximum atomic E-state index is 12.8. The zero-order chi connectivity index (χ0) is 16.6. The van der Waals surface area contributed by atoms with Crippen molar-refractivity contribution in [3.63, 3.8) is 0 Å². The molecule has 0 aliphatic carbocycles. The summed E-state index contributed by atoms with van der Waals surface area (Å²) in [6.45, 7) is 1.83. The number of hydrogen-bond donors (Lipinski definition) is 2. The molecule has 0 unspecified atom stereocenters. The molecule has 2 N–H and O–H groups in total. The Hall–Kier alpha value is -3.01. The number of alkyl halides is 3. The van der Waals surface area contributed by atoms with Crippen LogP contribution < -0.4 is 0 Å². The van der Waals surface area contributed by atoms with Crippen molar-refractivity contribution in [3.8, 4) is 6.19 Å². The predicted octanol–water partition coefficient (Wildman–Crippen LogP) is 4.14. The van der Waals surface area contributed by atoms with Gasteiger partial charge in [-0.3, -0.25) is 0 Å². The molecule has 1 aromatic carbocycles. The Labute approximate surface area is 129 Å². The van der Waals surface area contributed by atoms with Gasteiger partial charge in [0.25, 0.3) is 0 Å². The van der Waals surface area contributed by atoms with Gasteiger partial charge in [-0.15, -0.1) is 0 Å². The summed E-state index contributed by atoms with van der Waals surface area (Å²) in [5, 5.41) is 9.52. The van der Waals surface area contributed by atoms with Gasteiger partial charge in [-0.05, 0) is 31.2 Å². The van der Waals surface area contributed by atoms with Gasteiger partial charge in [-0.1, -0.05) is 6.07 Å². The van der Waals surface area contributed by atoms with Gasteiger partial charge in [0.2, 0.25) is 6.19 Å². The number of rotatable bonds is 2. The van der Waals surface area contributed by atoms with Crippen LogP contribution in [0.25, 0.3) is 10.9 Å². The predicted molar refractivity (Wildman–Crippen MR) is 80.1 cm³/mol. The Kier molecular flexibility index (Phi) is 3.45. The van der Waals surface area contributed by atoms with Crippen LogP contribution in [0.15, 0.2) is 41.5 Å². The molecule has 2 aromatic heterocycles. The largest absolute Gasteiger partial charge is 0.416 e. The van der Waals surface area contributed by atoms with Crippen LogP contribution in [-0.2, 0) is 6.18 Å². The molecule has 0 aliphatic heterocycles. The van der Waals surface area contributed by atoms with Crippen LogP contribution in [0, 0.1) is 18.4 Å². The number of benzene rings is 1. The second-order valence-corrected chi connectivity index (χ2v) is 5.06. The number of nitriles is 1. The van der Waals surface area contributed by atoms with E-state index in [1.165, 1.54) is 6.07 Å².